The number of hydrogen-bond donors (Lipinski definition) is 4. The number of carbonyl (C=O) groups excluding carboxylic acids is 4. The third-order valence-electron chi connectivity index (χ3n) is 4.40. The number of amides is 4. The normalized spacial score (nSPS) is 14.9. The van der Waals surface area contributed by atoms with Gasteiger partial charge in [-0.3, -0.25) is 25.2 Å². The van der Waals surface area contributed by atoms with Crippen molar-refractivity contribution in [3.8, 4) is 0 Å². The molecule has 0 heterocycles. The minimum Gasteiger partial charge on any atom is -0.445 e. The minimum absolute atomic E-state index is 0.0304. The van der Waals surface area contributed by atoms with Gasteiger partial charge < -0.3 is 15.4 Å². The second-order valence-corrected chi connectivity index (χ2v) is 6.76. The van der Waals surface area contributed by atoms with Gasteiger partial charge >= 0.3 is 17.9 Å². The van der Waals surface area contributed by atoms with Crippen molar-refractivity contribution < 1.29 is 23.9 Å². The fraction of sp³-hybridized carbons (Fsp3) is 0.474. The summed E-state index contributed by atoms with van der Waals surface area (Å²) in [5.74, 6) is -2.63. The highest BCUT2D eigenvalue weighted by Crippen LogP contribution is 2.18. The van der Waals surface area contributed by atoms with Crippen molar-refractivity contribution in [1.82, 2.24) is 21.5 Å². The van der Waals surface area contributed by atoms with Gasteiger partial charge in [0.15, 0.2) is 0 Å². The van der Waals surface area contributed by atoms with Gasteiger partial charge in [-0.1, -0.05) is 50.6 Å². The number of ether oxygens (including phenoxy) is 1. The highest BCUT2D eigenvalue weighted by molar-refractivity contribution is 6.35. The van der Waals surface area contributed by atoms with E-state index in [0.29, 0.717) is 6.42 Å². The summed E-state index contributed by atoms with van der Waals surface area (Å²) in [6.45, 7) is 3.71. The maximum Gasteiger partial charge on any atom is 0.408 e. The third kappa shape index (κ3) is 6.90. The van der Waals surface area contributed by atoms with Crippen molar-refractivity contribution in [3.63, 3.8) is 0 Å². The van der Waals surface area contributed by atoms with Crippen LogP contribution >= 0.6 is 0 Å². The Hall–Kier alpha value is -3.10. The zero-order chi connectivity index (χ0) is 20.5. The van der Waals surface area contributed by atoms with Crippen molar-refractivity contribution in [2.75, 3.05) is 0 Å². The van der Waals surface area contributed by atoms with E-state index in [4.69, 9.17) is 4.74 Å². The quantitative estimate of drug-likeness (QED) is 0.404. The Morgan fingerprint density at radius 1 is 1.07 bits per heavy atom. The molecule has 0 radical (unpaired) electrons. The van der Waals surface area contributed by atoms with Crippen LogP contribution in [0, 0.1) is 5.92 Å². The first-order chi connectivity index (χ1) is 13.4. The first kappa shape index (κ1) is 21.2. The molecule has 0 aromatic heterocycles. The van der Waals surface area contributed by atoms with E-state index >= 15 is 0 Å². The molecule has 0 spiro atoms. The van der Waals surface area contributed by atoms with Gasteiger partial charge in [0.1, 0.15) is 12.6 Å². The maximum atomic E-state index is 12.4. The average Bonchev–Trinajstić information content (AvgIpc) is 3.52. The third-order valence-corrected chi connectivity index (χ3v) is 4.40. The monoisotopic (exact) mass is 390 g/mol. The first-order valence-electron chi connectivity index (χ1n) is 9.28. The highest BCUT2D eigenvalue weighted by atomic mass is 16.5. The Morgan fingerprint density at radius 2 is 1.75 bits per heavy atom. The van der Waals surface area contributed by atoms with E-state index in [2.05, 4.69) is 21.5 Å². The second kappa shape index (κ2) is 10.3. The maximum absolute atomic E-state index is 12.4. The summed E-state index contributed by atoms with van der Waals surface area (Å²) in [5.41, 5.74) is 5.06. The lowest BCUT2D eigenvalue weighted by molar-refractivity contribution is -0.141. The lowest BCUT2D eigenvalue weighted by Gasteiger charge is -2.23. The molecule has 1 aliphatic carbocycles. The molecular formula is C19H26N4O5. The molecule has 4 N–H and O–H groups in total. The Bertz CT molecular complexity index is 706. The SMILES string of the molecule is CC[C@H](C)[C@H](NC(=O)OCc1ccccc1)C(=O)NNC(=O)C(=O)NC1CC1. The molecular weight excluding hydrogens is 364 g/mol. The molecule has 1 aromatic rings. The second-order valence-electron chi connectivity index (χ2n) is 6.76. The fourth-order valence-corrected chi connectivity index (χ4v) is 2.33. The topological polar surface area (TPSA) is 126 Å². The minimum atomic E-state index is -0.963. The van der Waals surface area contributed by atoms with Crippen molar-refractivity contribution in [1.29, 1.82) is 0 Å². The number of nitrogens with one attached hydrogen (secondary N) is 4. The molecule has 9 heteroatoms. The van der Waals surface area contributed by atoms with Crippen LogP contribution in [0.3, 0.4) is 0 Å². The summed E-state index contributed by atoms with van der Waals surface area (Å²) in [6.07, 6.45) is 1.54. The Labute approximate surface area is 163 Å². The zero-order valence-electron chi connectivity index (χ0n) is 16.0. The molecule has 28 heavy (non-hydrogen) atoms. The van der Waals surface area contributed by atoms with E-state index < -0.39 is 29.9 Å². The summed E-state index contributed by atoms with van der Waals surface area (Å²) >= 11 is 0. The molecule has 1 aliphatic rings. The smallest absolute Gasteiger partial charge is 0.408 e. The van der Waals surface area contributed by atoms with Crippen molar-refractivity contribution in [2.45, 2.75) is 51.8 Å². The number of alkyl carbamates (subject to hydrolysis) is 1. The molecule has 0 saturated heterocycles. The van der Waals surface area contributed by atoms with E-state index in [1.54, 1.807) is 6.92 Å². The Balaban J connectivity index is 1.83. The van der Waals surface area contributed by atoms with Gasteiger partial charge in [0, 0.05) is 6.04 Å². The van der Waals surface area contributed by atoms with Gasteiger partial charge in [0.25, 0.3) is 5.91 Å². The van der Waals surface area contributed by atoms with Gasteiger partial charge in [0.05, 0.1) is 0 Å². The van der Waals surface area contributed by atoms with E-state index in [0.717, 1.165) is 18.4 Å². The number of benzene rings is 1. The standard InChI is InChI=1S/C19H26N4O5/c1-3-12(2)15(21-19(27)28-11-13-7-5-4-6-8-13)16(24)22-23-18(26)17(25)20-14-9-10-14/h4-8,12,14-15H,3,9-11H2,1-2H3,(H,20,25)(H,21,27)(H,22,24)(H,23,26)/t12-,15-/m0/s1. The molecule has 9 nitrogen and oxygen atoms in total. The molecule has 0 aliphatic heterocycles. The van der Waals surface area contributed by atoms with E-state index in [9.17, 15) is 19.2 Å². The lowest BCUT2D eigenvalue weighted by atomic mass is 9.99. The van der Waals surface area contributed by atoms with E-state index in [1.807, 2.05) is 37.3 Å². The first-order valence-corrected chi connectivity index (χ1v) is 9.28. The molecule has 4 amide bonds. The van der Waals surface area contributed by atoms with Crippen molar-refractivity contribution >= 4 is 23.8 Å². The van der Waals surface area contributed by atoms with Crippen LogP contribution in [-0.4, -0.2) is 35.9 Å². The molecule has 2 rings (SSSR count). The molecule has 152 valence electrons. The van der Waals surface area contributed by atoms with Crippen LogP contribution in [0.1, 0.15) is 38.7 Å². The van der Waals surface area contributed by atoms with Crippen LogP contribution in [0.2, 0.25) is 0 Å². The summed E-state index contributed by atoms with van der Waals surface area (Å²) in [7, 11) is 0. The average molecular weight is 390 g/mol. The number of carbonyl (C=O) groups is 4. The number of rotatable bonds is 7. The summed E-state index contributed by atoms with van der Waals surface area (Å²) in [5, 5.41) is 5.02. The van der Waals surface area contributed by atoms with Crippen LogP contribution in [-0.2, 0) is 25.7 Å². The lowest BCUT2D eigenvalue weighted by Crippen LogP contribution is -2.56. The van der Waals surface area contributed by atoms with Gasteiger partial charge in [-0.05, 0) is 24.3 Å². The molecule has 0 unspecified atom stereocenters. The fourth-order valence-electron chi connectivity index (χ4n) is 2.33. The molecule has 2 atom stereocenters. The van der Waals surface area contributed by atoms with Crippen LogP contribution in [0.15, 0.2) is 30.3 Å². The van der Waals surface area contributed by atoms with Gasteiger partial charge in [-0.15, -0.1) is 0 Å². The Morgan fingerprint density at radius 3 is 2.36 bits per heavy atom. The molecule has 1 fully saturated rings. The number of hydrazine groups is 1. The molecule has 1 aromatic carbocycles. The van der Waals surface area contributed by atoms with Crippen LogP contribution in [0.25, 0.3) is 0 Å². The summed E-state index contributed by atoms with van der Waals surface area (Å²) in [4.78, 5) is 47.8. The highest BCUT2D eigenvalue weighted by Gasteiger charge is 2.29. The van der Waals surface area contributed by atoms with E-state index in [1.165, 1.54) is 0 Å². The van der Waals surface area contributed by atoms with Gasteiger partial charge in [0.2, 0.25) is 0 Å². The van der Waals surface area contributed by atoms with Crippen molar-refractivity contribution in [2.24, 2.45) is 5.92 Å². The number of hydrogen-bond acceptors (Lipinski definition) is 5. The van der Waals surface area contributed by atoms with E-state index in [-0.39, 0.29) is 18.6 Å². The van der Waals surface area contributed by atoms with Gasteiger partial charge in [-0.2, -0.15) is 0 Å². The largest absolute Gasteiger partial charge is 0.445 e. The summed E-state index contributed by atoms with van der Waals surface area (Å²) < 4.78 is 5.14. The predicted molar refractivity (Wildman–Crippen MR) is 100 cm³/mol. The molecule has 0 bridgehead atoms. The zero-order valence-corrected chi connectivity index (χ0v) is 16.0. The molecule has 1 saturated carbocycles. The van der Waals surface area contributed by atoms with Crippen LogP contribution in [0.5, 0.6) is 0 Å². The van der Waals surface area contributed by atoms with Gasteiger partial charge in [-0.25, -0.2) is 4.79 Å². The summed E-state index contributed by atoms with van der Waals surface area (Å²) in [6, 6.07) is 8.24. The predicted octanol–water partition coefficient (Wildman–Crippen LogP) is 0.754. The Kier molecular flexibility index (Phi) is 7.79. The van der Waals surface area contributed by atoms with Crippen LogP contribution in [0.4, 0.5) is 4.79 Å². The van der Waals surface area contributed by atoms with Crippen molar-refractivity contribution in [3.05, 3.63) is 35.9 Å². The van der Waals surface area contributed by atoms with Crippen LogP contribution < -0.4 is 21.5 Å².